The minimum absolute atomic E-state index is 1.37. The van der Waals surface area contributed by atoms with Gasteiger partial charge in [0.1, 0.15) is 0 Å². The SMILES string of the molecule is CCCCCCCCCCCCC[AsH2]. The molecule has 14 heavy (non-hydrogen) atoms. The van der Waals surface area contributed by atoms with E-state index in [-0.39, 0.29) is 0 Å². The molecule has 0 aliphatic rings. The van der Waals surface area contributed by atoms with E-state index in [1.807, 2.05) is 16.9 Å². The van der Waals surface area contributed by atoms with E-state index in [9.17, 15) is 0 Å². The second-order valence-corrected chi connectivity index (χ2v) is 5.54. The molecular weight excluding hydrogens is 231 g/mol. The van der Waals surface area contributed by atoms with Crippen LogP contribution < -0.4 is 0 Å². The van der Waals surface area contributed by atoms with Crippen LogP contribution in [0.3, 0.4) is 0 Å². The predicted octanol–water partition coefficient (Wildman–Crippen LogP) is 4.35. The van der Waals surface area contributed by atoms with Crippen LogP contribution in [0, 0.1) is 0 Å². The van der Waals surface area contributed by atoms with Crippen LogP contribution in [0.5, 0.6) is 0 Å². The van der Waals surface area contributed by atoms with E-state index in [1.165, 1.54) is 75.8 Å². The van der Waals surface area contributed by atoms with Gasteiger partial charge < -0.3 is 0 Å². The van der Waals surface area contributed by atoms with Gasteiger partial charge in [0.25, 0.3) is 0 Å². The molecule has 0 saturated heterocycles. The van der Waals surface area contributed by atoms with Crippen LogP contribution in [0.4, 0.5) is 0 Å². The molecule has 0 aromatic carbocycles. The molecular formula is C13H29As. The number of unbranched alkanes of at least 4 members (excludes halogenated alkanes) is 10. The van der Waals surface area contributed by atoms with Gasteiger partial charge in [-0.1, -0.05) is 6.92 Å². The van der Waals surface area contributed by atoms with Crippen LogP contribution >= 0.6 is 0 Å². The Kier molecular flexibility index (Phi) is 14.1. The Morgan fingerprint density at radius 2 is 0.929 bits per heavy atom. The molecule has 0 aromatic rings. The van der Waals surface area contributed by atoms with Crippen molar-refractivity contribution < 1.29 is 0 Å². The Labute approximate surface area is 99.7 Å². The molecule has 0 radical (unpaired) electrons. The first-order valence-electron chi connectivity index (χ1n) is 6.62. The number of hydrogen-bond donors (Lipinski definition) is 0. The van der Waals surface area contributed by atoms with Crippen LogP contribution in [0.2, 0.25) is 5.21 Å². The van der Waals surface area contributed by atoms with Crippen molar-refractivity contribution >= 4 is 16.9 Å². The van der Waals surface area contributed by atoms with Crippen molar-refractivity contribution in [3.8, 4) is 0 Å². The van der Waals surface area contributed by atoms with Gasteiger partial charge in [0, 0.05) is 0 Å². The van der Waals surface area contributed by atoms with Crippen molar-refractivity contribution in [3.63, 3.8) is 0 Å². The molecule has 86 valence electrons. The van der Waals surface area contributed by atoms with Gasteiger partial charge in [-0.15, -0.1) is 0 Å². The Hall–Kier alpha value is 0.558. The molecule has 0 aliphatic carbocycles. The second kappa shape index (κ2) is 13.6. The molecule has 0 spiro atoms. The molecule has 0 amide bonds. The quantitative estimate of drug-likeness (QED) is 0.383. The first-order chi connectivity index (χ1) is 6.91. The number of rotatable bonds is 11. The zero-order chi connectivity index (χ0) is 10.5. The second-order valence-electron chi connectivity index (χ2n) is 4.32. The average Bonchev–Trinajstić information content (AvgIpc) is 2.21. The summed E-state index contributed by atoms with van der Waals surface area (Å²) in [5.74, 6) is 0. The average molecular weight is 260 g/mol. The van der Waals surface area contributed by atoms with Crippen molar-refractivity contribution in [2.24, 2.45) is 0 Å². The molecule has 1 heteroatoms. The molecule has 0 N–H and O–H groups in total. The topological polar surface area (TPSA) is 0 Å². The van der Waals surface area contributed by atoms with E-state index >= 15 is 0 Å². The summed E-state index contributed by atoms with van der Waals surface area (Å²) in [5.41, 5.74) is 0. The first-order valence-corrected chi connectivity index (χ1v) is 8.33. The van der Waals surface area contributed by atoms with E-state index < -0.39 is 0 Å². The summed E-state index contributed by atoms with van der Waals surface area (Å²) in [4.78, 5) is 0. The van der Waals surface area contributed by atoms with E-state index in [1.54, 1.807) is 0 Å². The van der Waals surface area contributed by atoms with E-state index in [4.69, 9.17) is 0 Å². The predicted molar refractivity (Wildman–Crippen MR) is 69.8 cm³/mol. The molecule has 0 fully saturated rings. The molecule has 1 unspecified atom stereocenters. The third-order valence-electron chi connectivity index (χ3n) is 2.81. The summed E-state index contributed by atoms with van der Waals surface area (Å²) < 4.78 is 0. The summed E-state index contributed by atoms with van der Waals surface area (Å²) >= 11 is 1.89. The summed E-state index contributed by atoms with van der Waals surface area (Å²) in [5, 5.41) is 1.43. The van der Waals surface area contributed by atoms with E-state index in [0.717, 1.165) is 0 Å². The fourth-order valence-corrected chi connectivity index (χ4v) is 2.41. The Bertz CT molecular complexity index is 79.2. The normalized spacial score (nSPS) is 10.7. The Morgan fingerprint density at radius 1 is 0.571 bits per heavy atom. The molecule has 0 bridgehead atoms. The Morgan fingerprint density at radius 3 is 1.29 bits per heavy atom. The zero-order valence-electron chi connectivity index (χ0n) is 10.1. The van der Waals surface area contributed by atoms with Gasteiger partial charge in [-0.05, 0) is 0 Å². The molecule has 0 aliphatic heterocycles. The first kappa shape index (κ1) is 14.6. The van der Waals surface area contributed by atoms with Gasteiger partial charge in [-0.2, -0.15) is 0 Å². The minimum atomic E-state index is 1.37. The van der Waals surface area contributed by atoms with Gasteiger partial charge in [0.2, 0.25) is 0 Å². The van der Waals surface area contributed by atoms with Crippen LogP contribution in [-0.4, -0.2) is 16.9 Å². The van der Waals surface area contributed by atoms with Crippen molar-refractivity contribution in [2.75, 3.05) is 0 Å². The van der Waals surface area contributed by atoms with Crippen LogP contribution in [0.25, 0.3) is 0 Å². The van der Waals surface area contributed by atoms with E-state index in [2.05, 4.69) is 6.92 Å². The third-order valence-corrected chi connectivity index (χ3v) is 3.66. The standard InChI is InChI=1S/C13H29As/c1-2-3-4-5-6-7-8-9-10-11-12-13-14/h2-14H2,1H3. The molecule has 1 atom stereocenters. The summed E-state index contributed by atoms with van der Waals surface area (Å²) in [6, 6.07) is 0. The monoisotopic (exact) mass is 260 g/mol. The summed E-state index contributed by atoms with van der Waals surface area (Å²) in [6.07, 6.45) is 16.1. The van der Waals surface area contributed by atoms with Gasteiger partial charge in [-0.3, -0.25) is 0 Å². The molecule has 0 rings (SSSR count). The van der Waals surface area contributed by atoms with Gasteiger partial charge in [0.05, 0.1) is 0 Å². The summed E-state index contributed by atoms with van der Waals surface area (Å²) in [7, 11) is 0. The van der Waals surface area contributed by atoms with Crippen molar-refractivity contribution in [1.29, 1.82) is 0 Å². The van der Waals surface area contributed by atoms with Gasteiger partial charge >= 0.3 is 92.7 Å². The third kappa shape index (κ3) is 12.6. The van der Waals surface area contributed by atoms with Gasteiger partial charge in [-0.25, -0.2) is 0 Å². The molecule has 0 saturated carbocycles. The molecule has 0 heterocycles. The maximum atomic E-state index is 2.29. The van der Waals surface area contributed by atoms with Gasteiger partial charge in [0.15, 0.2) is 0 Å². The van der Waals surface area contributed by atoms with Crippen LogP contribution in [0.1, 0.15) is 77.6 Å². The van der Waals surface area contributed by atoms with E-state index in [0.29, 0.717) is 0 Å². The van der Waals surface area contributed by atoms with Crippen LogP contribution in [-0.2, 0) is 0 Å². The fourth-order valence-electron chi connectivity index (χ4n) is 1.81. The van der Waals surface area contributed by atoms with Crippen molar-refractivity contribution in [1.82, 2.24) is 0 Å². The number of hydrogen-bond acceptors (Lipinski definition) is 0. The van der Waals surface area contributed by atoms with Crippen molar-refractivity contribution in [2.45, 2.75) is 82.8 Å². The van der Waals surface area contributed by atoms with Crippen molar-refractivity contribution in [3.05, 3.63) is 0 Å². The molecule has 0 nitrogen and oxygen atoms in total. The van der Waals surface area contributed by atoms with Crippen LogP contribution in [0.15, 0.2) is 0 Å². The Balaban J connectivity index is 2.78. The maximum absolute atomic E-state index is 2.29. The zero-order valence-corrected chi connectivity index (χ0v) is 12.5. The summed E-state index contributed by atoms with van der Waals surface area (Å²) in [6.45, 7) is 2.29. The fraction of sp³-hybridized carbons (Fsp3) is 1.00. The molecule has 0 aromatic heterocycles.